The lowest BCUT2D eigenvalue weighted by molar-refractivity contribution is -0.130. The molecular weight excluding hydrogens is 364 g/mol. The number of rotatable bonds is 0. The molecule has 0 spiro atoms. The number of fused-ring (bicyclic) bond motifs is 6. The molecule has 4 bridgehead atoms. The van der Waals surface area contributed by atoms with Gasteiger partial charge in [0.1, 0.15) is 0 Å². The van der Waals surface area contributed by atoms with Crippen molar-refractivity contribution in [1.82, 2.24) is 24.2 Å². The third-order valence-electron chi connectivity index (χ3n) is 5.72. The molecular formula is C22H24N6O. The molecule has 5 rings (SSSR count). The van der Waals surface area contributed by atoms with Crippen LogP contribution in [0, 0.1) is 0 Å². The summed E-state index contributed by atoms with van der Waals surface area (Å²) in [7, 11) is 3.77. The summed E-state index contributed by atoms with van der Waals surface area (Å²) < 4.78 is 3.99. The average molecular weight is 388 g/mol. The molecule has 7 heteroatoms. The Labute approximate surface area is 169 Å². The lowest BCUT2D eigenvalue weighted by atomic mass is 10.0. The third kappa shape index (κ3) is 3.26. The first-order valence-corrected chi connectivity index (χ1v) is 10.1. The zero-order chi connectivity index (χ0) is 20.0. The van der Waals surface area contributed by atoms with Gasteiger partial charge in [-0.3, -0.25) is 19.5 Å². The lowest BCUT2D eigenvalue weighted by Crippen LogP contribution is -2.26. The second-order valence-corrected chi connectivity index (χ2v) is 7.89. The maximum Gasteiger partial charge on any atom is 0.222 e. The lowest BCUT2D eigenvalue weighted by Gasteiger charge is -2.17. The van der Waals surface area contributed by atoms with Crippen molar-refractivity contribution >= 4 is 11.6 Å². The van der Waals surface area contributed by atoms with Crippen molar-refractivity contribution in [1.29, 1.82) is 0 Å². The van der Waals surface area contributed by atoms with Crippen LogP contribution < -0.4 is 0 Å². The number of aliphatic imine (C=N–C) groups is 1. The van der Waals surface area contributed by atoms with Crippen LogP contribution in [0.15, 0.2) is 41.9 Å². The van der Waals surface area contributed by atoms with E-state index in [0.29, 0.717) is 19.5 Å². The smallest absolute Gasteiger partial charge is 0.222 e. The van der Waals surface area contributed by atoms with Crippen LogP contribution in [-0.4, -0.2) is 42.9 Å². The number of pyridine rings is 1. The summed E-state index contributed by atoms with van der Waals surface area (Å²) in [6.07, 6.45) is 10.5. The highest BCUT2D eigenvalue weighted by Crippen LogP contribution is 2.29. The van der Waals surface area contributed by atoms with Gasteiger partial charge in [0.05, 0.1) is 30.2 Å². The average Bonchev–Trinajstić information content (AvgIpc) is 3.42. The highest BCUT2D eigenvalue weighted by molar-refractivity contribution is 6.15. The van der Waals surface area contributed by atoms with E-state index >= 15 is 0 Å². The molecule has 0 fully saturated rings. The Bertz CT molecular complexity index is 1120. The Morgan fingerprint density at radius 3 is 2.83 bits per heavy atom. The summed E-state index contributed by atoms with van der Waals surface area (Å²) in [6.45, 7) is 2.01. The van der Waals surface area contributed by atoms with Gasteiger partial charge in [0, 0.05) is 74.1 Å². The predicted octanol–water partition coefficient (Wildman–Crippen LogP) is 2.78. The molecule has 1 amide bonds. The molecule has 3 aromatic heterocycles. The molecule has 0 saturated heterocycles. The molecule has 0 saturated carbocycles. The van der Waals surface area contributed by atoms with Gasteiger partial charge in [-0.15, -0.1) is 0 Å². The van der Waals surface area contributed by atoms with Crippen LogP contribution in [0.4, 0.5) is 0 Å². The summed E-state index contributed by atoms with van der Waals surface area (Å²) in [6, 6.07) is 4.28. The van der Waals surface area contributed by atoms with E-state index in [1.165, 1.54) is 0 Å². The Morgan fingerprint density at radius 2 is 1.93 bits per heavy atom. The van der Waals surface area contributed by atoms with Gasteiger partial charge in [-0.1, -0.05) is 0 Å². The summed E-state index contributed by atoms with van der Waals surface area (Å²) >= 11 is 0. The first-order valence-electron chi connectivity index (χ1n) is 10.1. The Morgan fingerprint density at radius 1 is 1.03 bits per heavy atom. The van der Waals surface area contributed by atoms with Crippen LogP contribution in [0.3, 0.4) is 0 Å². The van der Waals surface area contributed by atoms with E-state index in [2.05, 4.69) is 34.2 Å². The molecule has 5 heterocycles. The van der Waals surface area contributed by atoms with Gasteiger partial charge in [0.15, 0.2) is 0 Å². The minimum atomic E-state index is 0.156. The number of nitrogens with zero attached hydrogens (tertiary/aromatic N) is 6. The van der Waals surface area contributed by atoms with Crippen molar-refractivity contribution in [2.75, 3.05) is 7.05 Å². The minimum absolute atomic E-state index is 0.156. The normalized spacial score (nSPS) is 16.7. The molecule has 0 radical (unpaired) electrons. The fourth-order valence-electron chi connectivity index (χ4n) is 4.14. The number of hydrogen-bond acceptors (Lipinski definition) is 4. The van der Waals surface area contributed by atoms with Crippen LogP contribution in [-0.2, 0) is 31.5 Å². The number of carbonyl (C=O) groups is 1. The van der Waals surface area contributed by atoms with Crippen molar-refractivity contribution < 1.29 is 4.79 Å². The second kappa shape index (κ2) is 6.99. The molecule has 0 N–H and O–H groups in total. The van der Waals surface area contributed by atoms with Gasteiger partial charge < -0.3 is 9.47 Å². The first kappa shape index (κ1) is 17.8. The van der Waals surface area contributed by atoms with E-state index in [4.69, 9.17) is 9.98 Å². The topological polar surface area (TPSA) is 68.3 Å². The Balaban J connectivity index is 1.62. The van der Waals surface area contributed by atoms with Gasteiger partial charge >= 0.3 is 0 Å². The highest BCUT2D eigenvalue weighted by Gasteiger charge is 2.22. The zero-order valence-electron chi connectivity index (χ0n) is 16.8. The van der Waals surface area contributed by atoms with Crippen molar-refractivity contribution in [2.24, 2.45) is 12.0 Å². The van der Waals surface area contributed by atoms with Crippen LogP contribution in [0.25, 0.3) is 11.1 Å². The number of aryl methyl sites for hydroxylation is 2. The minimum Gasteiger partial charge on any atom is -0.354 e. The van der Waals surface area contributed by atoms with Gasteiger partial charge in [0.25, 0.3) is 0 Å². The van der Waals surface area contributed by atoms with Crippen LogP contribution in [0.1, 0.15) is 41.8 Å². The largest absolute Gasteiger partial charge is 0.354 e. The molecule has 148 valence electrons. The zero-order valence-corrected chi connectivity index (χ0v) is 16.8. The van der Waals surface area contributed by atoms with Crippen LogP contribution >= 0.6 is 0 Å². The molecule has 0 aliphatic carbocycles. The maximum atomic E-state index is 12.6. The maximum absolute atomic E-state index is 12.6. The molecule has 0 aromatic carbocycles. The summed E-state index contributed by atoms with van der Waals surface area (Å²) in [5, 5.41) is 4.62. The first-order chi connectivity index (χ1) is 14.1. The van der Waals surface area contributed by atoms with Crippen LogP contribution in [0.5, 0.6) is 0 Å². The van der Waals surface area contributed by atoms with E-state index in [-0.39, 0.29) is 5.91 Å². The van der Waals surface area contributed by atoms with E-state index < -0.39 is 0 Å². The molecule has 3 aromatic rings. The second-order valence-electron chi connectivity index (χ2n) is 7.89. The number of aromatic nitrogens is 4. The molecule has 0 unspecified atom stereocenters. The van der Waals surface area contributed by atoms with Gasteiger partial charge in [-0.25, -0.2) is 0 Å². The Kier molecular flexibility index (Phi) is 4.30. The fourth-order valence-corrected chi connectivity index (χ4v) is 4.14. The Hall–Kier alpha value is -3.22. The van der Waals surface area contributed by atoms with Crippen molar-refractivity contribution in [3.8, 4) is 11.1 Å². The monoisotopic (exact) mass is 388 g/mol. The third-order valence-corrected chi connectivity index (χ3v) is 5.72. The van der Waals surface area contributed by atoms with Crippen molar-refractivity contribution in [3.05, 3.63) is 59.4 Å². The number of hydrogen-bond donors (Lipinski definition) is 0. The fraction of sp³-hybridized carbons (Fsp3) is 0.364. The number of carbonyl (C=O) groups excluding carboxylic acids is 1. The van der Waals surface area contributed by atoms with Gasteiger partial charge in [0.2, 0.25) is 5.91 Å². The molecule has 7 nitrogen and oxygen atoms in total. The van der Waals surface area contributed by atoms with E-state index in [9.17, 15) is 4.79 Å². The standard InChI is InChI=1S/C22H24N6O/c1-26-14-20-18(13-27(2)25-20)16-9-17-19(23-10-16)11-24-22(17)15-6-8-28(12-15)7-4-3-5-21(26)29/h6,8-10,12-13H,3-5,7,11,14H2,1-2H3. The predicted molar refractivity (Wildman–Crippen MR) is 111 cm³/mol. The SMILES string of the molecule is CN1Cc2nn(C)cc2-c2cnc3c(c2)C(=NC3)c2ccn(c2)CCCCC1=O. The van der Waals surface area contributed by atoms with Crippen molar-refractivity contribution in [2.45, 2.75) is 38.9 Å². The highest BCUT2D eigenvalue weighted by atomic mass is 16.2. The summed E-state index contributed by atoms with van der Waals surface area (Å²) in [5.74, 6) is 0.156. The van der Waals surface area contributed by atoms with Gasteiger partial charge in [-0.05, 0) is 25.0 Å². The summed E-state index contributed by atoms with van der Waals surface area (Å²) in [4.78, 5) is 23.8. The molecule has 2 aliphatic rings. The van der Waals surface area contributed by atoms with E-state index in [1.807, 2.05) is 26.5 Å². The molecule has 29 heavy (non-hydrogen) atoms. The molecule has 2 aliphatic heterocycles. The van der Waals surface area contributed by atoms with Crippen molar-refractivity contribution in [3.63, 3.8) is 0 Å². The molecule has 0 atom stereocenters. The van der Waals surface area contributed by atoms with Crippen LogP contribution in [0.2, 0.25) is 0 Å². The van der Waals surface area contributed by atoms with E-state index in [1.54, 1.807) is 9.58 Å². The van der Waals surface area contributed by atoms with Gasteiger partial charge in [-0.2, -0.15) is 5.10 Å². The number of amides is 1. The quantitative estimate of drug-likeness (QED) is 0.595. The summed E-state index contributed by atoms with van der Waals surface area (Å²) in [5.41, 5.74) is 7.14. The van der Waals surface area contributed by atoms with E-state index in [0.717, 1.165) is 58.7 Å².